The van der Waals surface area contributed by atoms with Crippen LogP contribution in [0.25, 0.3) is 28.1 Å². The van der Waals surface area contributed by atoms with Crippen LogP contribution in [0.4, 0.5) is 5.82 Å². The summed E-state index contributed by atoms with van der Waals surface area (Å²) in [6.07, 6.45) is 4.65. The quantitative estimate of drug-likeness (QED) is 0.365. The van der Waals surface area contributed by atoms with Crippen LogP contribution in [0.15, 0.2) is 43.0 Å². The van der Waals surface area contributed by atoms with E-state index in [1.165, 1.54) is 10.9 Å². The van der Waals surface area contributed by atoms with Gasteiger partial charge >= 0.3 is 5.82 Å². The minimum Gasteiger partial charge on any atom is -0.358 e. The third-order valence-electron chi connectivity index (χ3n) is 4.19. The predicted octanol–water partition coefficient (Wildman–Crippen LogP) is 2.47. The SMILES string of the molecule is O=[N+]([O-])c1nn(Cc2cccc(-c3nc4c5cn[nH]c5ncn4n3)c2)cc1Cl. The molecule has 0 radical (unpaired) electrons. The fraction of sp³-hybridized carbons (Fsp3) is 0.0625. The van der Waals surface area contributed by atoms with Crippen LogP contribution in [0.3, 0.4) is 0 Å². The monoisotopic (exact) mass is 395 g/mol. The molecule has 0 unspecified atom stereocenters. The topological polar surface area (TPSA) is 133 Å². The van der Waals surface area contributed by atoms with Gasteiger partial charge < -0.3 is 10.1 Å². The number of rotatable bonds is 4. The largest absolute Gasteiger partial charge is 0.408 e. The van der Waals surface area contributed by atoms with Gasteiger partial charge in [0.25, 0.3) is 0 Å². The van der Waals surface area contributed by atoms with Gasteiger partial charge in [0.15, 0.2) is 22.1 Å². The second kappa shape index (κ2) is 6.09. The summed E-state index contributed by atoms with van der Waals surface area (Å²) in [7, 11) is 0. The van der Waals surface area contributed by atoms with E-state index >= 15 is 0 Å². The Morgan fingerprint density at radius 2 is 2.18 bits per heavy atom. The lowest BCUT2D eigenvalue weighted by atomic mass is 10.1. The van der Waals surface area contributed by atoms with Crippen molar-refractivity contribution in [2.75, 3.05) is 0 Å². The standard InChI is InChI=1S/C16H10ClN9O2/c17-12-7-24(23-16(12)26(27)28)6-9-2-1-3-10(4-9)13-20-15-11-5-19-21-14(11)18-8-25(15)22-13/h1-5,7-8H,6H2,(H,19,21). The van der Waals surface area contributed by atoms with Crippen molar-refractivity contribution in [3.63, 3.8) is 0 Å². The van der Waals surface area contributed by atoms with Crippen molar-refractivity contribution in [1.29, 1.82) is 0 Å². The molecule has 5 aromatic rings. The Labute approximate surface area is 160 Å². The molecule has 1 aromatic carbocycles. The number of nitrogens with zero attached hydrogens (tertiary/aromatic N) is 8. The van der Waals surface area contributed by atoms with Crippen LogP contribution < -0.4 is 0 Å². The Bertz CT molecular complexity index is 1350. The van der Waals surface area contributed by atoms with Crippen molar-refractivity contribution in [2.24, 2.45) is 0 Å². The first-order chi connectivity index (χ1) is 13.6. The predicted molar refractivity (Wildman–Crippen MR) is 98.9 cm³/mol. The summed E-state index contributed by atoms with van der Waals surface area (Å²) < 4.78 is 3.02. The van der Waals surface area contributed by atoms with E-state index in [0.29, 0.717) is 23.7 Å². The lowest BCUT2D eigenvalue weighted by Crippen LogP contribution is -2.01. The van der Waals surface area contributed by atoms with E-state index < -0.39 is 4.92 Å². The molecule has 0 amide bonds. The Morgan fingerprint density at radius 1 is 1.29 bits per heavy atom. The summed E-state index contributed by atoms with van der Waals surface area (Å²) in [5.41, 5.74) is 2.95. The van der Waals surface area contributed by atoms with Crippen molar-refractivity contribution in [1.82, 2.24) is 39.6 Å². The molecule has 4 heterocycles. The number of hydrogen-bond donors (Lipinski definition) is 1. The summed E-state index contributed by atoms with van der Waals surface area (Å²) in [4.78, 5) is 19.1. The average molecular weight is 396 g/mol. The first-order valence-electron chi connectivity index (χ1n) is 8.09. The zero-order chi connectivity index (χ0) is 19.3. The summed E-state index contributed by atoms with van der Waals surface area (Å²) in [6, 6.07) is 7.53. The number of fused-ring (bicyclic) bond motifs is 3. The molecule has 28 heavy (non-hydrogen) atoms. The van der Waals surface area contributed by atoms with E-state index in [1.54, 1.807) is 17.0 Å². The van der Waals surface area contributed by atoms with Gasteiger partial charge in [0.05, 0.1) is 29.4 Å². The number of aromatic nitrogens is 8. The smallest absolute Gasteiger partial charge is 0.358 e. The molecule has 11 nitrogen and oxygen atoms in total. The maximum atomic E-state index is 10.9. The Hall–Kier alpha value is -3.86. The molecule has 4 aromatic heterocycles. The first-order valence-corrected chi connectivity index (χ1v) is 8.47. The van der Waals surface area contributed by atoms with E-state index in [2.05, 4.69) is 30.4 Å². The minimum absolute atomic E-state index is 0.000184. The summed E-state index contributed by atoms with van der Waals surface area (Å²) in [6.45, 7) is 0.322. The molecule has 0 bridgehead atoms. The van der Waals surface area contributed by atoms with Crippen molar-refractivity contribution >= 4 is 34.1 Å². The summed E-state index contributed by atoms with van der Waals surface area (Å²) in [5.74, 6) is 0.165. The Morgan fingerprint density at radius 3 is 3.00 bits per heavy atom. The van der Waals surface area contributed by atoms with Crippen molar-refractivity contribution in [3.8, 4) is 11.4 Å². The van der Waals surface area contributed by atoms with Gasteiger partial charge in [0.2, 0.25) is 0 Å². The zero-order valence-electron chi connectivity index (χ0n) is 14.0. The number of aromatic amines is 1. The lowest BCUT2D eigenvalue weighted by molar-refractivity contribution is -0.389. The normalized spacial score (nSPS) is 11.5. The molecule has 0 saturated heterocycles. The maximum absolute atomic E-state index is 10.9. The summed E-state index contributed by atoms with van der Waals surface area (Å²) >= 11 is 5.86. The molecule has 12 heteroatoms. The molecule has 0 saturated carbocycles. The molecule has 0 aliphatic carbocycles. The molecule has 138 valence electrons. The van der Waals surface area contributed by atoms with Crippen LogP contribution >= 0.6 is 11.6 Å². The van der Waals surface area contributed by atoms with Gasteiger partial charge in [-0.1, -0.05) is 29.8 Å². The van der Waals surface area contributed by atoms with Crippen LogP contribution in [-0.2, 0) is 6.54 Å². The van der Waals surface area contributed by atoms with E-state index in [9.17, 15) is 10.1 Å². The number of benzene rings is 1. The fourth-order valence-electron chi connectivity index (χ4n) is 2.95. The third kappa shape index (κ3) is 2.65. The number of H-pyrrole nitrogens is 1. The highest BCUT2D eigenvalue weighted by Gasteiger charge is 2.19. The van der Waals surface area contributed by atoms with E-state index in [1.807, 2.05) is 24.3 Å². The van der Waals surface area contributed by atoms with Gasteiger partial charge in [0, 0.05) is 5.56 Å². The maximum Gasteiger partial charge on any atom is 0.408 e. The molecule has 5 rings (SSSR count). The second-order valence-electron chi connectivity index (χ2n) is 6.04. The molecule has 0 aliphatic heterocycles. The van der Waals surface area contributed by atoms with Crippen molar-refractivity contribution < 1.29 is 4.92 Å². The van der Waals surface area contributed by atoms with Crippen molar-refractivity contribution in [2.45, 2.75) is 6.54 Å². The van der Waals surface area contributed by atoms with Crippen LogP contribution in [-0.4, -0.2) is 44.5 Å². The van der Waals surface area contributed by atoms with Crippen molar-refractivity contribution in [3.05, 3.63) is 63.7 Å². The van der Waals surface area contributed by atoms with E-state index in [4.69, 9.17) is 11.6 Å². The lowest BCUT2D eigenvalue weighted by Gasteiger charge is -2.01. The molecule has 0 fully saturated rings. The zero-order valence-corrected chi connectivity index (χ0v) is 14.8. The number of halogens is 1. The molecule has 0 aliphatic rings. The first kappa shape index (κ1) is 16.3. The van der Waals surface area contributed by atoms with E-state index in [-0.39, 0.29) is 10.8 Å². The number of hydrogen-bond acceptors (Lipinski definition) is 7. The molecule has 0 atom stereocenters. The van der Waals surface area contributed by atoms with Gasteiger partial charge in [-0.05, 0) is 16.6 Å². The van der Waals surface area contributed by atoms with Crippen LogP contribution in [0.2, 0.25) is 5.02 Å². The fourth-order valence-corrected chi connectivity index (χ4v) is 3.17. The van der Waals surface area contributed by atoms with Crippen LogP contribution in [0, 0.1) is 10.1 Å². The Balaban J connectivity index is 1.51. The Kier molecular flexibility index (Phi) is 3.55. The van der Waals surface area contributed by atoms with Crippen LogP contribution in [0.1, 0.15) is 5.56 Å². The molecular weight excluding hydrogens is 386 g/mol. The van der Waals surface area contributed by atoms with Gasteiger partial charge in [-0.25, -0.2) is 14.5 Å². The number of nitro groups is 1. The van der Waals surface area contributed by atoms with Gasteiger partial charge in [0.1, 0.15) is 6.33 Å². The third-order valence-corrected chi connectivity index (χ3v) is 4.46. The highest BCUT2D eigenvalue weighted by molar-refractivity contribution is 6.32. The van der Waals surface area contributed by atoms with Gasteiger partial charge in [-0.15, -0.1) is 5.10 Å². The highest BCUT2D eigenvalue weighted by atomic mass is 35.5. The molecule has 0 spiro atoms. The minimum atomic E-state index is -0.611. The second-order valence-corrected chi connectivity index (χ2v) is 6.44. The average Bonchev–Trinajstić information content (AvgIpc) is 3.38. The van der Waals surface area contributed by atoms with E-state index in [0.717, 1.165) is 16.5 Å². The van der Waals surface area contributed by atoms with Crippen LogP contribution in [0.5, 0.6) is 0 Å². The molecule has 1 N–H and O–H groups in total. The molecular formula is C16H10ClN9O2. The van der Waals surface area contributed by atoms with Gasteiger partial charge in [-0.2, -0.15) is 9.78 Å². The highest BCUT2D eigenvalue weighted by Crippen LogP contribution is 2.24. The summed E-state index contributed by atoms with van der Waals surface area (Å²) in [5, 5.41) is 26.8. The number of nitrogens with one attached hydrogen (secondary N) is 1. The van der Waals surface area contributed by atoms with Gasteiger partial charge in [-0.3, -0.25) is 5.10 Å².